The van der Waals surface area contributed by atoms with Crippen molar-refractivity contribution in [3.8, 4) is 5.75 Å². The zero-order valence-corrected chi connectivity index (χ0v) is 28.7. The highest BCUT2D eigenvalue weighted by Crippen LogP contribution is 2.40. The van der Waals surface area contributed by atoms with Crippen LogP contribution in [-0.4, -0.2) is 82.9 Å². The van der Waals surface area contributed by atoms with Gasteiger partial charge < -0.3 is 25.4 Å². The molecule has 1 fully saturated rings. The Morgan fingerprint density at radius 2 is 1.72 bits per heavy atom. The number of morpholine rings is 1. The molecule has 2 aromatic carbocycles. The number of sulfonamides is 1. The van der Waals surface area contributed by atoms with Gasteiger partial charge in [0.1, 0.15) is 5.82 Å². The predicted octanol–water partition coefficient (Wildman–Crippen LogP) is 5.22. The third-order valence-electron chi connectivity index (χ3n) is 7.58. The van der Waals surface area contributed by atoms with E-state index in [-0.39, 0.29) is 22.8 Å². The van der Waals surface area contributed by atoms with Gasteiger partial charge in [-0.3, -0.25) is 19.2 Å². The Hall–Kier alpha value is -4.24. The molecule has 1 saturated heterocycles. The Bertz CT molecular complexity index is 1860. The monoisotopic (exact) mass is 680 g/mol. The number of methoxy groups -OCH3 is 1. The molecule has 0 atom stereocenters. The summed E-state index contributed by atoms with van der Waals surface area (Å²) in [5.41, 5.74) is 1.97. The Morgan fingerprint density at radius 3 is 2.38 bits per heavy atom. The normalized spacial score (nSPS) is 14.1. The van der Waals surface area contributed by atoms with E-state index in [0.29, 0.717) is 27.6 Å². The fourth-order valence-corrected chi connectivity index (χ4v) is 6.68. The number of ether oxygens (including phenoxy) is 2. The van der Waals surface area contributed by atoms with E-state index in [0.717, 1.165) is 61.3 Å². The smallest absolute Gasteiger partial charge is 0.265 e. The van der Waals surface area contributed by atoms with E-state index in [9.17, 15) is 18.0 Å². The molecule has 0 saturated carbocycles. The molecular formula is C33H40N6O6S2. The van der Waals surface area contributed by atoms with Gasteiger partial charge in [0.05, 0.1) is 58.8 Å². The van der Waals surface area contributed by atoms with Gasteiger partial charge in [-0.1, -0.05) is 32.9 Å². The molecule has 0 aliphatic carbocycles. The molecule has 14 heteroatoms. The maximum atomic E-state index is 13.6. The standard InChI is InChI=1S/C33H40N6O6S2/c1-33(2,3)23-18-25(29(44-4)26(19-23)38-47(5,42)43)37-32(41)27-17-21-7-6-8-24(30(21)46-27)36-31(40)22-9-10-28(35-20-22)34-11-12-39-13-15-45-16-14-39/h6-10,17-20,38H,11-16H2,1-5H3,(H,34,35)(H,36,40)(H,37,41). The first-order valence-electron chi connectivity index (χ1n) is 15.2. The lowest BCUT2D eigenvalue weighted by atomic mass is 9.86. The van der Waals surface area contributed by atoms with Crippen LogP contribution in [-0.2, 0) is 20.2 Å². The number of hydrogen-bond acceptors (Lipinski definition) is 10. The number of nitrogens with zero attached hydrogens (tertiary/aromatic N) is 2. The molecule has 5 rings (SSSR count). The summed E-state index contributed by atoms with van der Waals surface area (Å²) < 4.78 is 38.3. The Kier molecular flexibility index (Phi) is 10.3. The SMILES string of the molecule is COc1c(NC(=O)c2cc3cccc(NC(=O)c4ccc(NCCN5CCOCC5)nc4)c3s2)cc(C(C)(C)C)cc1NS(C)(=O)=O. The molecule has 2 amide bonds. The topological polar surface area (TPSA) is 151 Å². The average molecular weight is 681 g/mol. The quantitative estimate of drug-likeness (QED) is 0.167. The van der Waals surface area contributed by atoms with Crippen molar-refractivity contribution in [3.05, 3.63) is 70.7 Å². The lowest BCUT2D eigenvalue weighted by Crippen LogP contribution is -2.39. The van der Waals surface area contributed by atoms with Crippen molar-refractivity contribution in [1.82, 2.24) is 9.88 Å². The number of aromatic nitrogens is 1. The van der Waals surface area contributed by atoms with E-state index in [2.05, 4.69) is 30.6 Å². The Labute approximate surface area is 278 Å². The number of carbonyl (C=O) groups excluding carboxylic acids is 2. The molecule has 47 heavy (non-hydrogen) atoms. The van der Waals surface area contributed by atoms with Crippen molar-refractivity contribution in [2.75, 3.05) is 73.4 Å². The highest BCUT2D eigenvalue weighted by molar-refractivity contribution is 7.92. The molecular weight excluding hydrogens is 641 g/mol. The summed E-state index contributed by atoms with van der Waals surface area (Å²) in [5.74, 6) is 0.158. The highest BCUT2D eigenvalue weighted by atomic mass is 32.2. The second-order valence-corrected chi connectivity index (χ2v) is 15.1. The molecule has 0 unspecified atom stereocenters. The van der Waals surface area contributed by atoms with Gasteiger partial charge >= 0.3 is 0 Å². The number of fused-ring (bicyclic) bond motifs is 1. The summed E-state index contributed by atoms with van der Waals surface area (Å²) in [6.07, 6.45) is 2.59. The van der Waals surface area contributed by atoms with E-state index in [1.165, 1.54) is 24.6 Å². The molecule has 4 N–H and O–H groups in total. The maximum Gasteiger partial charge on any atom is 0.265 e. The minimum atomic E-state index is -3.62. The minimum absolute atomic E-state index is 0.192. The first kappa shape index (κ1) is 34.1. The predicted molar refractivity (Wildman–Crippen MR) is 188 cm³/mol. The fourth-order valence-electron chi connectivity index (χ4n) is 5.10. The maximum absolute atomic E-state index is 13.6. The second-order valence-electron chi connectivity index (χ2n) is 12.3. The average Bonchev–Trinajstić information content (AvgIpc) is 3.46. The van der Waals surface area contributed by atoms with Crippen LogP contribution in [0.5, 0.6) is 5.75 Å². The molecule has 0 radical (unpaired) electrons. The number of pyridine rings is 1. The summed E-state index contributed by atoms with van der Waals surface area (Å²) in [6.45, 7) is 10.9. The number of hydrogen-bond donors (Lipinski definition) is 4. The van der Waals surface area contributed by atoms with Crippen LogP contribution in [0.4, 0.5) is 22.9 Å². The Morgan fingerprint density at radius 1 is 1.00 bits per heavy atom. The van der Waals surface area contributed by atoms with Crippen molar-refractivity contribution in [2.45, 2.75) is 26.2 Å². The molecule has 3 heterocycles. The van der Waals surface area contributed by atoms with Crippen LogP contribution < -0.4 is 25.4 Å². The van der Waals surface area contributed by atoms with Crippen molar-refractivity contribution in [1.29, 1.82) is 0 Å². The number of carbonyl (C=O) groups is 2. The summed E-state index contributed by atoms with van der Waals surface area (Å²) in [7, 11) is -2.21. The van der Waals surface area contributed by atoms with Gasteiger partial charge in [-0.2, -0.15) is 0 Å². The summed E-state index contributed by atoms with van der Waals surface area (Å²) in [5, 5.41) is 9.94. The van der Waals surface area contributed by atoms with Crippen LogP contribution in [0.2, 0.25) is 0 Å². The molecule has 12 nitrogen and oxygen atoms in total. The van der Waals surface area contributed by atoms with Crippen LogP contribution in [0.3, 0.4) is 0 Å². The van der Waals surface area contributed by atoms with Gasteiger partial charge in [0, 0.05) is 32.4 Å². The van der Waals surface area contributed by atoms with Gasteiger partial charge in [0.25, 0.3) is 11.8 Å². The van der Waals surface area contributed by atoms with Crippen LogP contribution in [0.1, 0.15) is 46.4 Å². The first-order valence-corrected chi connectivity index (χ1v) is 17.9. The fraction of sp³-hybridized carbons (Fsp3) is 0.364. The lowest BCUT2D eigenvalue weighted by Gasteiger charge is -2.26. The molecule has 1 aliphatic rings. The van der Waals surface area contributed by atoms with E-state index in [1.54, 1.807) is 36.4 Å². The number of amides is 2. The minimum Gasteiger partial charge on any atom is -0.492 e. The zero-order chi connectivity index (χ0) is 33.8. The van der Waals surface area contributed by atoms with Crippen LogP contribution in [0.15, 0.2) is 54.7 Å². The third kappa shape index (κ3) is 8.77. The largest absolute Gasteiger partial charge is 0.492 e. The number of nitrogens with one attached hydrogen (secondary N) is 4. The summed E-state index contributed by atoms with van der Waals surface area (Å²) in [4.78, 5) is 33.8. The van der Waals surface area contributed by atoms with E-state index in [1.807, 2.05) is 32.9 Å². The van der Waals surface area contributed by atoms with Gasteiger partial charge in [-0.05, 0) is 52.8 Å². The van der Waals surface area contributed by atoms with Crippen molar-refractivity contribution >= 4 is 66.1 Å². The molecule has 0 spiro atoms. The summed E-state index contributed by atoms with van der Waals surface area (Å²) >= 11 is 1.23. The van der Waals surface area contributed by atoms with E-state index in [4.69, 9.17) is 9.47 Å². The van der Waals surface area contributed by atoms with Crippen LogP contribution >= 0.6 is 11.3 Å². The van der Waals surface area contributed by atoms with Gasteiger partial charge in [-0.15, -0.1) is 11.3 Å². The highest BCUT2D eigenvalue weighted by Gasteiger charge is 2.23. The molecule has 2 aromatic heterocycles. The molecule has 1 aliphatic heterocycles. The van der Waals surface area contributed by atoms with Crippen molar-refractivity contribution in [3.63, 3.8) is 0 Å². The summed E-state index contributed by atoms with van der Waals surface area (Å²) in [6, 6.07) is 14.2. The van der Waals surface area contributed by atoms with E-state index >= 15 is 0 Å². The van der Waals surface area contributed by atoms with Gasteiger partial charge in [-0.25, -0.2) is 13.4 Å². The molecule has 0 bridgehead atoms. The second kappa shape index (κ2) is 14.3. The molecule has 4 aromatic rings. The number of anilines is 4. The number of rotatable bonds is 11. The third-order valence-corrected chi connectivity index (χ3v) is 9.36. The number of thiophene rings is 1. The molecule has 250 valence electrons. The lowest BCUT2D eigenvalue weighted by molar-refractivity contribution is 0.0398. The van der Waals surface area contributed by atoms with Crippen molar-refractivity contribution in [2.24, 2.45) is 0 Å². The van der Waals surface area contributed by atoms with E-state index < -0.39 is 15.9 Å². The zero-order valence-electron chi connectivity index (χ0n) is 27.1. The van der Waals surface area contributed by atoms with Gasteiger partial charge in [0.15, 0.2) is 5.75 Å². The van der Waals surface area contributed by atoms with Crippen LogP contribution in [0, 0.1) is 0 Å². The van der Waals surface area contributed by atoms with Crippen molar-refractivity contribution < 1.29 is 27.5 Å². The Balaban J connectivity index is 1.30. The first-order chi connectivity index (χ1) is 22.3. The van der Waals surface area contributed by atoms with Crippen LogP contribution in [0.25, 0.3) is 10.1 Å². The van der Waals surface area contributed by atoms with Gasteiger partial charge in [0.2, 0.25) is 10.0 Å². The number of benzene rings is 2.